The van der Waals surface area contributed by atoms with Gasteiger partial charge < -0.3 is 15.2 Å². The molecule has 0 saturated heterocycles. The van der Waals surface area contributed by atoms with Crippen LogP contribution < -0.4 is 10.7 Å². The van der Waals surface area contributed by atoms with E-state index in [1.807, 2.05) is 0 Å². The number of aromatic amines is 1. The van der Waals surface area contributed by atoms with Gasteiger partial charge in [-0.15, -0.1) is 0 Å². The van der Waals surface area contributed by atoms with Gasteiger partial charge in [-0.05, 0) is 6.92 Å². The minimum Gasteiger partial charge on any atom is -0.495 e. The molecule has 1 atom stereocenters. The number of carboxylic acid groups (broad SMARTS) is 1. The van der Waals surface area contributed by atoms with E-state index in [0.717, 1.165) is 0 Å². The molecule has 1 aromatic rings. The fraction of sp³-hybridized carbons (Fsp3) is 0.250. The van der Waals surface area contributed by atoms with Gasteiger partial charge in [0.2, 0.25) is 0 Å². The molecule has 0 aromatic carbocycles. The fourth-order valence-corrected chi connectivity index (χ4v) is 1.51. The van der Waals surface area contributed by atoms with Gasteiger partial charge in [-0.3, -0.25) is 4.99 Å². The van der Waals surface area contributed by atoms with Crippen molar-refractivity contribution in [2.24, 2.45) is 4.99 Å². The topological polar surface area (TPSA) is 85.7 Å². The van der Waals surface area contributed by atoms with E-state index in [-0.39, 0.29) is 17.5 Å². The maximum Gasteiger partial charge on any atom is 0.334 e. The Morgan fingerprint density at radius 2 is 2.38 bits per heavy atom. The Hall–Kier alpha value is -1.78. The summed E-state index contributed by atoms with van der Waals surface area (Å²) in [5.41, 5.74) is 0.675. The monoisotopic (exact) mass is 180 g/mol. The smallest absolute Gasteiger partial charge is 0.334 e. The van der Waals surface area contributed by atoms with Crippen LogP contribution in [-0.2, 0) is 4.79 Å². The zero-order chi connectivity index (χ0) is 9.59. The molecule has 0 fully saturated rings. The Morgan fingerprint density at radius 1 is 1.69 bits per heavy atom. The molecular formula is C8H8N2O3. The first-order chi connectivity index (χ1) is 6.09. The van der Waals surface area contributed by atoms with Crippen molar-refractivity contribution in [1.29, 1.82) is 0 Å². The Morgan fingerprint density at radius 3 is 3.00 bits per heavy atom. The Labute approximate surface area is 73.1 Å². The van der Waals surface area contributed by atoms with Crippen LogP contribution >= 0.6 is 0 Å². The largest absolute Gasteiger partial charge is 0.495 e. The summed E-state index contributed by atoms with van der Waals surface area (Å²) in [5.74, 6) is -1.05. The van der Waals surface area contributed by atoms with Crippen molar-refractivity contribution in [3.05, 3.63) is 16.8 Å². The summed E-state index contributed by atoms with van der Waals surface area (Å²) in [7, 11) is 0. The molecule has 1 aromatic heterocycles. The summed E-state index contributed by atoms with van der Waals surface area (Å²) in [6.45, 7) is 1.70. The summed E-state index contributed by atoms with van der Waals surface area (Å²) in [6.07, 6.45) is 0. The second-order valence-electron chi connectivity index (χ2n) is 2.94. The molecule has 2 heterocycles. The standard InChI is InChI=1S/C8H8N2O3/c1-3-6(8(12)13)4-2-5(11)10-7(4)9-3/h2-3,11H,1H3,(H,9,10)(H,12,13). The van der Waals surface area contributed by atoms with Crippen LogP contribution in [0.15, 0.2) is 11.1 Å². The van der Waals surface area contributed by atoms with Crippen molar-refractivity contribution < 1.29 is 15.0 Å². The molecule has 5 heteroatoms. The first kappa shape index (κ1) is 7.85. The number of H-pyrrole nitrogens is 1. The number of nitrogens with one attached hydrogen (secondary N) is 1. The number of aromatic hydroxyl groups is 1. The van der Waals surface area contributed by atoms with Gasteiger partial charge in [-0.2, -0.15) is 0 Å². The minimum atomic E-state index is -0.992. The van der Waals surface area contributed by atoms with Gasteiger partial charge in [0.15, 0.2) is 5.88 Å². The van der Waals surface area contributed by atoms with Crippen molar-refractivity contribution in [3.63, 3.8) is 0 Å². The first-order valence-corrected chi connectivity index (χ1v) is 3.83. The Balaban J connectivity index is 2.81. The summed E-state index contributed by atoms with van der Waals surface area (Å²) in [6, 6.07) is 1.03. The van der Waals surface area contributed by atoms with E-state index in [9.17, 15) is 4.79 Å². The number of rotatable bonds is 1. The number of hydrogen-bond acceptors (Lipinski definition) is 3. The van der Waals surface area contributed by atoms with E-state index >= 15 is 0 Å². The van der Waals surface area contributed by atoms with Crippen molar-refractivity contribution in [2.75, 3.05) is 0 Å². The molecule has 13 heavy (non-hydrogen) atoms. The van der Waals surface area contributed by atoms with E-state index in [1.165, 1.54) is 6.07 Å². The predicted molar refractivity (Wildman–Crippen MR) is 43.7 cm³/mol. The van der Waals surface area contributed by atoms with Crippen molar-refractivity contribution >= 4 is 11.5 Å². The van der Waals surface area contributed by atoms with Crippen LogP contribution in [0.1, 0.15) is 6.92 Å². The van der Waals surface area contributed by atoms with Gasteiger partial charge in [0, 0.05) is 11.3 Å². The highest BCUT2D eigenvalue weighted by molar-refractivity contribution is 6.10. The number of aliphatic carboxylic acids is 1. The van der Waals surface area contributed by atoms with Crippen molar-refractivity contribution in [1.82, 2.24) is 4.98 Å². The highest BCUT2D eigenvalue weighted by atomic mass is 16.4. The highest BCUT2D eigenvalue weighted by Gasteiger charge is 2.22. The van der Waals surface area contributed by atoms with Crippen LogP contribution in [0.25, 0.3) is 5.57 Å². The lowest BCUT2D eigenvalue weighted by atomic mass is 10.1. The number of carbonyl (C=O) groups is 1. The maximum atomic E-state index is 10.8. The van der Waals surface area contributed by atoms with Crippen LogP contribution in [0.3, 0.4) is 0 Å². The fourth-order valence-electron chi connectivity index (χ4n) is 1.51. The molecule has 0 radical (unpaired) electrons. The third kappa shape index (κ3) is 1.00. The van der Waals surface area contributed by atoms with Crippen LogP contribution in [0, 0.1) is 0 Å². The third-order valence-electron chi connectivity index (χ3n) is 2.04. The maximum absolute atomic E-state index is 10.8. The molecule has 0 bridgehead atoms. The molecule has 2 rings (SSSR count). The second kappa shape index (κ2) is 2.35. The number of nitrogens with zero attached hydrogens (tertiary/aromatic N) is 1. The predicted octanol–water partition coefficient (Wildman–Crippen LogP) is -1.02. The molecule has 1 unspecified atom stereocenters. The molecule has 0 amide bonds. The average Bonchev–Trinajstić information content (AvgIpc) is 2.41. The lowest BCUT2D eigenvalue weighted by molar-refractivity contribution is -0.130. The molecule has 5 nitrogen and oxygen atoms in total. The lowest BCUT2D eigenvalue weighted by Gasteiger charge is -1.99. The number of hydrogen-bond donors (Lipinski definition) is 3. The van der Waals surface area contributed by atoms with Crippen LogP contribution in [0.5, 0.6) is 5.88 Å². The summed E-state index contributed by atoms with van der Waals surface area (Å²) in [5, 5.41) is 18.4. The second-order valence-corrected chi connectivity index (χ2v) is 2.94. The van der Waals surface area contributed by atoms with Crippen LogP contribution in [0.4, 0.5) is 0 Å². The normalized spacial score (nSPS) is 19.8. The van der Waals surface area contributed by atoms with E-state index in [1.54, 1.807) is 6.92 Å². The molecule has 1 aliphatic rings. The van der Waals surface area contributed by atoms with Gasteiger partial charge in [0.25, 0.3) is 0 Å². The number of carboxylic acids is 1. The highest BCUT2D eigenvalue weighted by Crippen LogP contribution is 2.09. The minimum absolute atomic E-state index is 0.0561. The zero-order valence-electron chi connectivity index (χ0n) is 6.90. The molecular weight excluding hydrogens is 172 g/mol. The SMILES string of the molecule is CC1N=c2[nH]c(O)cc2=C1C(=O)O. The molecule has 0 spiro atoms. The van der Waals surface area contributed by atoms with Gasteiger partial charge in [-0.1, -0.05) is 0 Å². The molecule has 1 aliphatic heterocycles. The van der Waals surface area contributed by atoms with Crippen LogP contribution in [0.2, 0.25) is 0 Å². The summed E-state index contributed by atoms with van der Waals surface area (Å²) in [4.78, 5) is 17.4. The van der Waals surface area contributed by atoms with Gasteiger partial charge >= 0.3 is 5.97 Å². The molecule has 3 N–H and O–H groups in total. The van der Waals surface area contributed by atoms with Crippen LogP contribution in [-0.4, -0.2) is 27.2 Å². The summed E-state index contributed by atoms with van der Waals surface area (Å²) >= 11 is 0. The van der Waals surface area contributed by atoms with E-state index in [2.05, 4.69) is 9.98 Å². The van der Waals surface area contributed by atoms with E-state index in [0.29, 0.717) is 10.7 Å². The Bertz CT molecular complexity index is 486. The van der Waals surface area contributed by atoms with E-state index in [4.69, 9.17) is 10.2 Å². The molecule has 68 valence electrons. The number of fused-ring (bicyclic) bond motifs is 1. The third-order valence-corrected chi connectivity index (χ3v) is 2.04. The average molecular weight is 180 g/mol. The van der Waals surface area contributed by atoms with E-state index < -0.39 is 5.97 Å². The first-order valence-electron chi connectivity index (χ1n) is 3.83. The van der Waals surface area contributed by atoms with Crippen molar-refractivity contribution in [3.8, 4) is 5.88 Å². The van der Waals surface area contributed by atoms with Gasteiger partial charge in [0.05, 0.1) is 11.6 Å². The summed E-state index contributed by atoms with van der Waals surface area (Å²) < 4.78 is 0. The Kier molecular flexibility index (Phi) is 1.42. The lowest BCUT2D eigenvalue weighted by Crippen LogP contribution is -2.23. The quantitative estimate of drug-likeness (QED) is 0.517. The van der Waals surface area contributed by atoms with Crippen molar-refractivity contribution in [2.45, 2.75) is 13.0 Å². The molecule has 0 saturated carbocycles. The van der Waals surface area contributed by atoms with Gasteiger partial charge in [-0.25, -0.2) is 4.79 Å². The molecule has 0 aliphatic carbocycles. The number of aromatic nitrogens is 1. The zero-order valence-corrected chi connectivity index (χ0v) is 6.90. The van der Waals surface area contributed by atoms with Gasteiger partial charge in [0.1, 0.15) is 5.49 Å².